The number of hydrogen-bond acceptors (Lipinski definition) is 2. The van der Waals surface area contributed by atoms with Crippen LogP contribution in [0.2, 0.25) is 0 Å². The van der Waals surface area contributed by atoms with Gasteiger partial charge in [0.1, 0.15) is 5.82 Å². The molecule has 2 heterocycles. The highest BCUT2D eigenvalue weighted by atomic mass is 19.1. The summed E-state index contributed by atoms with van der Waals surface area (Å²) in [4.78, 5) is 16.5. The van der Waals surface area contributed by atoms with Crippen LogP contribution in [0.25, 0.3) is 5.65 Å². The number of benzene rings is 1. The van der Waals surface area contributed by atoms with Crippen LogP contribution in [-0.2, 0) is 0 Å². The maximum Gasteiger partial charge on any atom is 0.255 e. The number of aromatic nitrogens is 2. The first-order chi connectivity index (χ1) is 9.63. The minimum absolute atomic E-state index is 0.273. The molecule has 0 radical (unpaired) electrons. The third kappa shape index (κ3) is 2.25. The maximum absolute atomic E-state index is 13.1. The number of carbonyl (C=O) groups excluding carboxylic acids is 1. The van der Waals surface area contributed by atoms with Gasteiger partial charge in [-0.15, -0.1) is 0 Å². The van der Waals surface area contributed by atoms with E-state index in [2.05, 4.69) is 10.3 Å². The van der Waals surface area contributed by atoms with Crippen LogP contribution in [0.1, 0.15) is 16.1 Å². The third-order valence-electron chi connectivity index (χ3n) is 2.94. The zero-order valence-corrected chi connectivity index (χ0v) is 10.8. The Hall–Kier alpha value is -2.69. The number of nitrogens with zero attached hydrogens (tertiary/aromatic N) is 2. The van der Waals surface area contributed by atoms with Gasteiger partial charge in [0.05, 0.1) is 11.4 Å². The standard InChI is InChI=1S/C15H12FN3O/c1-10-9-19-7-3-6-13(14(19)17-10)18-15(20)11-4-2-5-12(16)8-11/h2-9H,1H3,(H,18,20). The van der Waals surface area contributed by atoms with Crippen molar-refractivity contribution in [3.05, 3.63) is 65.9 Å². The number of rotatable bonds is 2. The minimum atomic E-state index is -0.437. The van der Waals surface area contributed by atoms with Crippen molar-refractivity contribution in [1.82, 2.24) is 9.38 Å². The molecule has 0 atom stereocenters. The van der Waals surface area contributed by atoms with E-state index < -0.39 is 5.82 Å². The van der Waals surface area contributed by atoms with E-state index in [-0.39, 0.29) is 11.5 Å². The lowest BCUT2D eigenvalue weighted by molar-refractivity contribution is 0.102. The lowest BCUT2D eigenvalue weighted by atomic mass is 10.2. The van der Waals surface area contributed by atoms with Gasteiger partial charge >= 0.3 is 0 Å². The van der Waals surface area contributed by atoms with Crippen LogP contribution in [0.3, 0.4) is 0 Å². The van der Waals surface area contributed by atoms with Gasteiger partial charge in [-0.2, -0.15) is 0 Å². The fraction of sp³-hybridized carbons (Fsp3) is 0.0667. The number of aryl methyl sites for hydroxylation is 1. The van der Waals surface area contributed by atoms with E-state index in [1.807, 2.05) is 29.8 Å². The summed E-state index contributed by atoms with van der Waals surface area (Å²) in [5.41, 5.74) is 2.39. The molecule has 0 aliphatic heterocycles. The van der Waals surface area contributed by atoms with E-state index in [9.17, 15) is 9.18 Å². The Morgan fingerprint density at radius 3 is 2.95 bits per heavy atom. The molecule has 3 rings (SSSR count). The summed E-state index contributed by atoms with van der Waals surface area (Å²) < 4.78 is 15.0. The molecule has 1 aromatic carbocycles. The Morgan fingerprint density at radius 2 is 2.15 bits per heavy atom. The van der Waals surface area contributed by atoms with Gasteiger partial charge in [0.15, 0.2) is 5.65 Å². The predicted octanol–water partition coefficient (Wildman–Crippen LogP) is 3.03. The highest BCUT2D eigenvalue weighted by Gasteiger charge is 2.10. The van der Waals surface area contributed by atoms with E-state index in [4.69, 9.17) is 0 Å². The Kier molecular flexibility index (Phi) is 2.95. The summed E-state index contributed by atoms with van der Waals surface area (Å²) in [6, 6.07) is 9.15. The Bertz CT molecular complexity index is 795. The molecule has 0 spiro atoms. The summed E-state index contributed by atoms with van der Waals surface area (Å²) in [7, 11) is 0. The second-order valence-electron chi connectivity index (χ2n) is 4.50. The molecule has 2 aromatic heterocycles. The molecular formula is C15H12FN3O. The fourth-order valence-electron chi connectivity index (χ4n) is 2.06. The van der Waals surface area contributed by atoms with Crippen molar-refractivity contribution in [2.24, 2.45) is 0 Å². The first kappa shape index (κ1) is 12.3. The van der Waals surface area contributed by atoms with Gasteiger partial charge in [0.25, 0.3) is 5.91 Å². The summed E-state index contributed by atoms with van der Waals surface area (Å²) in [5.74, 6) is -0.800. The van der Waals surface area contributed by atoms with Crippen LogP contribution in [-0.4, -0.2) is 15.3 Å². The van der Waals surface area contributed by atoms with Crippen molar-refractivity contribution in [1.29, 1.82) is 0 Å². The highest BCUT2D eigenvalue weighted by molar-refractivity contribution is 6.05. The lowest BCUT2D eigenvalue weighted by Gasteiger charge is -2.06. The molecule has 0 fully saturated rings. The summed E-state index contributed by atoms with van der Waals surface area (Å²) in [5, 5.41) is 2.75. The number of halogens is 1. The van der Waals surface area contributed by atoms with E-state index in [0.717, 1.165) is 5.69 Å². The summed E-state index contributed by atoms with van der Waals surface area (Å²) in [6.07, 6.45) is 3.72. The quantitative estimate of drug-likeness (QED) is 0.777. The molecule has 20 heavy (non-hydrogen) atoms. The number of amides is 1. The maximum atomic E-state index is 13.1. The van der Waals surface area contributed by atoms with Crippen LogP contribution < -0.4 is 5.32 Å². The molecule has 3 aromatic rings. The second kappa shape index (κ2) is 4.77. The molecule has 0 saturated heterocycles. The Balaban J connectivity index is 1.95. The SMILES string of the molecule is Cc1cn2cccc(NC(=O)c3cccc(F)c3)c2n1. The zero-order chi connectivity index (χ0) is 14.1. The summed E-state index contributed by atoms with van der Waals surface area (Å²) >= 11 is 0. The van der Waals surface area contributed by atoms with Crippen LogP contribution in [0.5, 0.6) is 0 Å². The number of carbonyl (C=O) groups is 1. The van der Waals surface area contributed by atoms with Crippen molar-refractivity contribution < 1.29 is 9.18 Å². The van der Waals surface area contributed by atoms with Crippen molar-refractivity contribution in [2.75, 3.05) is 5.32 Å². The first-order valence-corrected chi connectivity index (χ1v) is 6.15. The van der Waals surface area contributed by atoms with Crippen molar-refractivity contribution in [3.8, 4) is 0 Å². The number of anilines is 1. The second-order valence-corrected chi connectivity index (χ2v) is 4.50. The highest BCUT2D eigenvalue weighted by Crippen LogP contribution is 2.17. The molecule has 0 saturated carbocycles. The molecule has 0 bridgehead atoms. The zero-order valence-electron chi connectivity index (χ0n) is 10.8. The minimum Gasteiger partial charge on any atom is -0.319 e. The van der Waals surface area contributed by atoms with Crippen LogP contribution in [0, 0.1) is 12.7 Å². The normalized spacial score (nSPS) is 10.7. The van der Waals surface area contributed by atoms with Gasteiger partial charge in [0.2, 0.25) is 0 Å². The molecule has 1 amide bonds. The van der Waals surface area contributed by atoms with Gasteiger partial charge in [-0.1, -0.05) is 6.07 Å². The van der Waals surface area contributed by atoms with Crippen molar-refractivity contribution >= 4 is 17.2 Å². The van der Waals surface area contributed by atoms with E-state index in [0.29, 0.717) is 11.3 Å². The molecule has 5 heteroatoms. The number of pyridine rings is 1. The average Bonchev–Trinajstić information content (AvgIpc) is 2.80. The number of hydrogen-bond donors (Lipinski definition) is 1. The molecule has 4 nitrogen and oxygen atoms in total. The predicted molar refractivity (Wildman–Crippen MR) is 74.3 cm³/mol. The van der Waals surface area contributed by atoms with Gasteiger partial charge in [0, 0.05) is 18.0 Å². The van der Waals surface area contributed by atoms with Gasteiger partial charge in [-0.25, -0.2) is 9.37 Å². The first-order valence-electron chi connectivity index (χ1n) is 6.15. The fourth-order valence-corrected chi connectivity index (χ4v) is 2.06. The largest absolute Gasteiger partial charge is 0.319 e. The molecule has 1 N–H and O–H groups in total. The van der Waals surface area contributed by atoms with Gasteiger partial charge in [-0.05, 0) is 37.3 Å². The van der Waals surface area contributed by atoms with Crippen LogP contribution in [0.4, 0.5) is 10.1 Å². The average molecular weight is 269 g/mol. The smallest absolute Gasteiger partial charge is 0.255 e. The van der Waals surface area contributed by atoms with Gasteiger partial charge < -0.3 is 9.72 Å². The molecule has 0 aliphatic rings. The van der Waals surface area contributed by atoms with Crippen LogP contribution >= 0.6 is 0 Å². The topological polar surface area (TPSA) is 46.4 Å². The number of fused-ring (bicyclic) bond motifs is 1. The van der Waals surface area contributed by atoms with Crippen LogP contribution in [0.15, 0.2) is 48.8 Å². The molecule has 0 aliphatic carbocycles. The lowest BCUT2D eigenvalue weighted by Crippen LogP contribution is -2.12. The monoisotopic (exact) mass is 269 g/mol. The number of imidazole rings is 1. The summed E-state index contributed by atoms with van der Waals surface area (Å²) in [6.45, 7) is 1.88. The van der Waals surface area contributed by atoms with Crippen molar-refractivity contribution in [3.63, 3.8) is 0 Å². The Morgan fingerprint density at radius 1 is 1.30 bits per heavy atom. The van der Waals surface area contributed by atoms with E-state index in [1.165, 1.54) is 18.2 Å². The molecule has 0 unspecified atom stereocenters. The van der Waals surface area contributed by atoms with E-state index in [1.54, 1.807) is 12.1 Å². The van der Waals surface area contributed by atoms with E-state index >= 15 is 0 Å². The van der Waals surface area contributed by atoms with Crippen molar-refractivity contribution in [2.45, 2.75) is 6.92 Å². The number of nitrogens with one attached hydrogen (secondary N) is 1. The third-order valence-corrected chi connectivity index (χ3v) is 2.94. The Labute approximate surface area is 114 Å². The molecule has 100 valence electrons. The molecular weight excluding hydrogens is 257 g/mol. The van der Waals surface area contributed by atoms with Gasteiger partial charge in [-0.3, -0.25) is 4.79 Å².